The van der Waals surface area contributed by atoms with E-state index in [-0.39, 0.29) is 0 Å². The van der Waals surface area contributed by atoms with Gasteiger partial charge in [-0.1, -0.05) is 0 Å². The van der Waals surface area contributed by atoms with E-state index >= 15 is 0 Å². The van der Waals surface area contributed by atoms with E-state index in [1.807, 2.05) is 0 Å². The highest BCUT2D eigenvalue weighted by molar-refractivity contribution is 6.11. The fourth-order valence-corrected chi connectivity index (χ4v) is 0.990. The minimum absolute atomic E-state index is 0.569. The average molecular weight is 148 g/mol. The number of aliphatic hydroxyl groups excluding tert-OH is 1. The Bertz CT molecular complexity index is 123. The molecule has 1 heterocycles. The minimum atomic E-state index is -1.33. The lowest BCUT2D eigenvalue weighted by molar-refractivity contribution is -0.138. The second kappa shape index (κ2) is 2.86. The molecule has 5 heteroatoms. The van der Waals surface area contributed by atoms with Crippen LogP contribution < -0.4 is 0 Å². The van der Waals surface area contributed by atoms with Crippen LogP contribution in [0.3, 0.4) is 0 Å². The summed E-state index contributed by atoms with van der Waals surface area (Å²) in [5, 5.41) is 9.00. The third-order valence-corrected chi connectivity index (χ3v) is 1.63. The van der Waals surface area contributed by atoms with Crippen molar-refractivity contribution in [3.05, 3.63) is 0 Å². The van der Waals surface area contributed by atoms with E-state index in [1.165, 1.54) is 7.11 Å². The van der Waals surface area contributed by atoms with Crippen molar-refractivity contribution in [2.24, 2.45) is 0 Å². The number of aliphatic hydroxyl groups is 1. The van der Waals surface area contributed by atoms with E-state index in [0.29, 0.717) is 0 Å². The monoisotopic (exact) mass is 148 g/mol. The van der Waals surface area contributed by atoms with Crippen LogP contribution in [0.25, 0.3) is 0 Å². The summed E-state index contributed by atoms with van der Waals surface area (Å²) in [6, 6.07) is -0.569. The lowest BCUT2D eigenvalue weighted by Gasteiger charge is -2.10. The molecule has 4 atom stereocenters. The minimum Gasteiger partial charge on any atom is -0.385 e. The van der Waals surface area contributed by atoms with Gasteiger partial charge in [0.2, 0.25) is 0 Å². The van der Waals surface area contributed by atoms with Crippen molar-refractivity contribution in [2.45, 2.75) is 24.6 Å². The zero-order chi connectivity index (χ0) is 7.72. The van der Waals surface area contributed by atoms with E-state index in [2.05, 4.69) is 4.74 Å². The molecule has 3 nitrogen and oxygen atoms in total. The quantitative estimate of drug-likeness (QED) is 0.467. The molecule has 0 saturated carbocycles. The van der Waals surface area contributed by atoms with E-state index in [0.717, 1.165) is 0 Å². The summed E-state index contributed by atoms with van der Waals surface area (Å²) in [5.41, 5.74) is 0. The number of halogens is 1. The van der Waals surface area contributed by atoms with Crippen LogP contribution in [0.5, 0.6) is 0 Å². The molecule has 1 aliphatic rings. The Labute approximate surface area is 59.5 Å². The number of hydrogen-bond acceptors (Lipinski definition) is 3. The molecule has 1 saturated heterocycles. The van der Waals surface area contributed by atoms with Crippen molar-refractivity contribution < 1.29 is 19.0 Å². The second-order valence-corrected chi connectivity index (χ2v) is 2.38. The van der Waals surface area contributed by atoms with Crippen LogP contribution in [0.4, 0.5) is 4.39 Å². The molecule has 1 rings (SSSR count). The van der Waals surface area contributed by atoms with E-state index in [4.69, 9.17) is 9.84 Å². The van der Waals surface area contributed by atoms with Crippen molar-refractivity contribution in [3.8, 4) is 0 Å². The third-order valence-electron chi connectivity index (χ3n) is 1.63. The predicted molar refractivity (Wildman–Crippen MR) is 35.1 cm³/mol. The lowest BCUT2D eigenvalue weighted by Crippen LogP contribution is -2.29. The molecule has 0 amide bonds. The standard InChI is InChI=1S/C5H10BFO3/c1-9-5-3(8)2(7)4(6)10-5/h2-5,8H,6H2,1H3/t2-,3-,4+,5-/m1/s1. The smallest absolute Gasteiger partial charge is 0.185 e. The molecule has 1 fully saturated rings. The van der Waals surface area contributed by atoms with Gasteiger partial charge in [-0.25, -0.2) is 4.39 Å². The molecule has 0 unspecified atom stereocenters. The zero-order valence-corrected chi connectivity index (χ0v) is 5.95. The molecule has 0 bridgehead atoms. The van der Waals surface area contributed by atoms with Gasteiger partial charge in [0.25, 0.3) is 0 Å². The maximum absolute atomic E-state index is 12.7. The highest BCUT2D eigenvalue weighted by Crippen LogP contribution is 2.21. The molecule has 1 N–H and O–H groups in total. The molecule has 0 radical (unpaired) electrons. The number of hydrogen-bond donors (Lipinski definition) is 1. The molecular weight excluding hydrogens is 138 g/mol. The molecule has 0 aliphatic carbocycles. The van der Waals surface area contributed by atoms with E-state index in [9.17, 15) is 4.39 Å². The van der Waals surface area contributed by atoms with Gasteiger partial charge in [-0.15, -0.1) is 0 Å². The molecule has 1 aliphatic heterocycles. The zero-order valence-electron chi connectivity index (χ0n) is 5.95. The van der Waals surface area contributed by atoms with E-state index < -0.39 is 24.6 Å². The first-order valence-corrected chi connectivity index (χ1v) is 3.17. The van der Waals surface area contributed by atoms with Crippen LogP contribution >= 0.6 is 0 Å². The first-order chi connectivity index (χ1) is 4.66. The normalized spacial score (nSPS) is 47.9. The molecule has 0 aromatic carbocycles. The van der Waals surface area contributed by atoms with Gasteiger partial charge in [0.1, 0.15) is 20.1 Å². The number of alkyl halides is 1. The first kappa shape index (κ1) is 7.98. The maximum atomic E-state index is 12.7. The largest absolute Gasteiger partial charge is 0.385 e. The summed E-state index contributed by atoms with van der Waals surface area (Å²) in [7, 11) is 2.94. The van der Waals surface area contributed by atoms with Gasteiger partial charge < -0.3 is 14.6 Å². The Kier molecular flexibility index (Phi) is 2.28. The van der Waals surface area contributed by atoms with Gasteiger partial charge in [0.05, 0.1) is 6.00 Å². The summed E-state index contributed by atoms with van der Waals surface area (Å²) < 4.78 is 22.2. The highest BCUT2D eigenvalue weighted by atomic mass is 19.1. The molecular formula is C5H10BFO3. The number of methoxy groups -OCH3 is 1. The van der Waals surface area contributed by atoms with Crippen LogP contribution in [0.1, 0.15) is 0 Å². The molecule has 10 heavy (non-hydrogen) atoms. The fourth-order valence-electron chi connectivity index (χ4n) is 0.990. The van der Waals surface area contributed by atoms with Crippen molar-refractivity contribution >= 4 is 7.85 Å². The highest BCUT2D eigenvalue weighted by Gasteiger charge is 2.41. The van der Waals surface area contributed by atoms with Crippen molar-refractivity contribution in [1.82, 2.24) is 0 Å². The van der Waals surface area contributed by atoms with Gasteiger partial charge in [-0.3, -0.25) is 0 Å². The summed E-state index contributed by atoms with van der Waals surface area (Å²) >= 11 is 0. The van der Waals surface area contributed by atoms with Crippen LogP contribution in [0.15, 0.2) is 0 Å². The summed E-state index contributed by atoms with van der Waals surface area (Å²) in [5.74, 6) is 0. The Hall–Kier alpha value is -0.125. The fraction of sp³-hybridized carbons (Fsp3) is 1.00. The number of rotatable bonds is 1. The Balaban J connectivity index is 2.53. The summed E-state index contributed by atoms with van der Waals surface area (Å²) in [6.45, 7) is 0. The third kappa shape index (κ3) is 1.16. The van der Waals surface area contributed by atoms with Gasteiger partial charge >= 0.3 is 0 Å². The Morgan fingerprint density at radius 2 is 2.30 bits per heavy atom. The van der Waals surface area contributed by atoms with Crippen LogP contribution in [-0.4, -0.2) is 44.6 Å². The Morgan fingerprint density at radius 1 is 1.70 bits per heavy atom. The van der Waals surface area contributed by atoms with Gasteiger partial charge in [0, 0.05) is 7.11 Å². The maximum Gasteiger partial charge on any atom is 0.185 e. The van der Waals surface area contributed by atoms with Crippen LogP contribution in [0, 0.1) is 0 Å². The van der Waals surface area contributed by atoms with Gasteiger partial charge in [-0.2, -0.15) is 0 Å². The van der Waals surface area contributed by atoms with Gasteiger partial charge in [-0.05, 0) is 0 Å². The predicted octanol–water partition coefficient (Wildman–Crippen LogP) is -1.35. The topological polar surface area (TPSA) is 38.7 Å². The van der Waals surface area contributed by atoms with Crippen LogP contribution in [-0.2, 0) is 9.47 Å². The summed E-state index contributed by atoms with van der Waals surface area (Å²) in [6.07, 6.45) is -3.27. The Morgan fingerprint density at radius 3 is 2.50 bits per heavy atom. The second-order valence-electron chi connectivity index (χ2n) is 2.38. The van der Waals surface area contributed by atoms with Crippen molar-refractivity contribution in [2.75, 3.05) is 7.11 Å². The van der Waals surface area contributed by atoms with Gasteiger partial charge in [0.15, 0.2) is 6.29 Å². The molecule has 0 aromatic heterocycles. The molecule has 58 valence electrons. The van der Waals surface area contributed by atoms with E-state index in [1.54, 1.807) is 7.85 Å². The van der Waals surface area contributed by atoms with Crippen molar-refractivity contribution in [1.29, 1.82) is 0 Å². The summed E-state index contributed by atoms with van der Waals surface area (Å²) in [4.78, 5) is 0. The lowest BCUT2D eigenvalue weighted by atomic mass is 9.95. The SMILES string of the molecule is B[C@H]1O[C@@H](OC)[C@H](O)[C@H]1F. The average Bonchev–Trinajstić information content (AvgIpc) is 2.17. The molecule has 0 aromatic rings. The first-order valence-electron chi connectivity index (χ1n) is 3.17. The molecule has 0 spiro atoms. The van der Waals surface area contributed by atoms with Crippen LogP contribution in [0.2, 0.25) is 0 Å². The van der Waals surface area contributed by atoms with Crippen molar-refractivity contribution in [3.63, 3.8) is 0 Å². The number of ether oxygens (including phenoxy) is 2.